The third-order valence-electron chi connectivity index (χ3n) is 5.37. The van der Waals surface area contributed by atoms with Gasteiger partial charge in [0.05, 0.1) is 0 Å². The van der Waals surface area contributed by atoms with Crippen LogP contribution in [0.4, 0.5) is 0 Å². The highest BCUT2D eigenvalue weighted by Gasteiger charge is 2.26. The highest BCUT2D eigenvalue weighted by Crippen LogP contribution is 2.27. The molecule has 138 valence electrons. The summed E-state index contributed by atoms with van der Waals surface area (Å²) >= 11 is 0. The van der Waals surface area contributed by atoms with E-state index in [9.17, 15) is 19.8 Å². The van der Waals surface area contributed by atoms with E-state index in [1.807, 2.05) is 0 Å². The van der Waals surface area contributed by atoms with Crippen LogP contribution in [0.25, 0.3) is 0 Å². The normalized spacial score (nSPS) is 20.1. The molecule has 2 fully saturated rings. The number of carbonyl (C=O) groups excluding carboxylic acids is 2. The number of piperidine rings is 1. The standard InChI is InChI=1S/C21H25NO4/c23-19(22-14-9-18(10-15-22)20(24)25)17-6-4-16(5-7-17)8-13-21(26)11-2-1-3-12-21/h4-7,18,26H,1-3,9-12,14-15H2,(H,24,25)/p-1. The lowest BCUT2D eigenvalue weighted by Gasteiger charge is -2.32. The minimum Gasteiger partial charge on any atom is -0.550 e. The van der Waals surface area contributed by atoms with Crippen molar-refractivity contribution in [3.8, 4) is 11.8 Å². The van der Waals surface area contributed by atoms with Gasteiger partial charge in [-0.3, -0.25) is 4.79 Å². The maximum atomic E-state index is 12.5. The minimum atomic E-state index is -1.03. The molecule has 1 saturated heterocycles. The fourth-order valence-corrected chi connectivity index (χ4v) is 3.65. The fraction of sp³-hybridized carbons (Fsp3) is 0.524. The number of hydrogen-bond acceptors (Lipinski definition) is 4. The van der Waals surface area contributed by atoms with E-state index in [-0.39, 0.29) is 5.91 Å². The van der Waals surface area contributed by atoms with Gasteiger partial charge in [0.25, 0.3) is 5.91 Å². The maximum absolute atomic E-state index is 12.5. The highest BCUT2D eigenvalue weighted by atomic mass is 16.4. The van der Waals surface area contributed by atoms with Crippen LogP contribution in [0.2, 0.25) is 0 Å². The average Bonchev–Trinajstić information content (AvgIpc) is 2.67. The van der Waals surface area contributed by atoms with Crippen LogP contribution in [0.3, 0.4) is 0 Å². The van der Waals surface area contributed by atoms with E-state index < -0.39 is 17.5 Å². The van der Waals surface area contributed by atoms with Crippen molar-refractivity contribution in [2.24, 2.45) is 5.92 Å². The van der Waals surface area contributed by atoms with Gasteiger partial charge in [0, 0.05) is 36.1 Å². The third-order valence-corrected chi connectivity index (χ3v) is 5.37. The van der Waals surface area contributed by atoms with E-state index in [0.717, 1.165) is 37.7 Å². The Morgan fingerprint density at radius 3 is 2.27 bits per heavy atom. The van der Waals surface area contributed by atoms with E-state index in [4.69, 9.17) is 0 Å². The van der Waals surface area contributed by atoms with E-state index in [1.54, 1.807) is 29.2 Å². The molecule has 0 atom stereocenters. The van der Waals surface area contributed by atoms with Gasteiger partial charge in [-0.15, -0.1) is 0 Å². The van der Waals surface area contributed by atoms with Crippen molar-refractivity contribution in [3.05, 3.63) is 35.4 Å². The molecular formula is C21H24NO4-. The predicted octanol–water partition coefficient (Wildman–Crippen LogP) is 1.34. The van der Waals surface area contributed by atoms with E-state index in [1.165, 1.54) is 0 Å². The van der Waals surface area contributed by atoms with Gasteiger partial charge in [-0.1, -0.05) is 18.3 Å². The molecular weight excluding hydrogens is 330 g/mol. The lowest BCUT2D eigenvalue weighted by Crippen LogP contribution is -2.43. The molecule has 1 amide bonds. The van der Waals surface area contributed by atoms with Crippen molar-refractivity contribution in [2.45, 2.75) is 50.5 Å². The molecule has 1 heterocycles. The Labute approximate surface area is 154 Å². The van der Waals surface area contributed by atoms with Crippen LogP contribution in [0.1, 0.15) is 60.9 Å². The van der Waals surface area contributed by atoms with Gasteiger partial charge in [-0.05, 0) is 62.8 Å². The predicted molar refractivity (Wildman–Crippen MR) is 95.0 cm³/mol. The summed E-state index contributed by atoms with van der Waals surface area (Å²) in [4.78, 5) is 25.1. The van der Waals surface area contributed by atoms with Crippen LogP contribution in [-0.2, 0) is 4.79 Å². The number of nitrogens with zero attached hydrogens (tertiary/aromatic N) is 1. The molecule has 0 unspecified atom stereocenters. The number of likely N-dealkylation sites (tertiary alicyclic amines) is 1. The second-order valence-corrected chi connectivity index (χ2v) is 7.31. The van der Waals surface area contributed by atoms with Crippen LogP contribution in [0.5, 0.6) is 0 Å². The van der Waals surface area contributed by atoms with Crippen LogP contribution in [0.15, 0.2) is 24.3 Å². The first kappa shape index (κ1) is 18.5. The van der Waals surface area contributed by atoms with Crippen molar-refractivity contribution in [1.82, 2.24) is 4.90 Å². The first-order valence-corrected chi connectivity index (χ1v) is 9.33. The summed E-state index contributed by atoms with van der Waals surface area (Å²) in [5.74, 6) is 4.44. The topological polar surface area (TPSA) is 80.7 Å². The molecule has 2 aliphatic rings. The maximum Gasteiger partial charge on any atom is 0.253 e. The molecule has 1 aromatic rings. The first-order chi connectivity index (χ1) is 12.5. The first-order valence-electron chi connectivity index (χ1n) is 9.33. The third kappa shape index (κ3) is 4.44. The highest BCUT2D eigenvalue weighted by molar-refractivity contribution is 5.94. The smallest absolute Gasteiger partial charge is 0.253 e. The Morgan fingerprint density at radius 1 is 1.08 bits per heavy atom. The molecule has 1 aromatic carbocycles. The summed E-state index contributed by atoms with van der Waals surface area (Å²) in [6, 6.07) is 7.06. The minimum absolute atomic E-state index is 0.0905. The Hall–Kier alpha value is -2.32. The molecule has 0 aromatic heterocycles. The molecule has 0 bridgehead atoms. The molecule has 1 saturated carbocycles. The number of rotatable bonds is 2. The molecule has 1 aliphatic heterocycles. The summed E-state index contributed by atoms with van der Waals surface area (Å²) in [6.45, 7) is 0.873. The van der Waals surface area contributed by atoms with Gasteiger partial charge in [0.2, 0.25) is 0 Å². The van der Waals surface area contributed by atoms with Gasteiger partial charge in [0.15, 0.2) is 0 Å². The Kier molecular flexibility index (Phi) is 5.63. The lowest BCUT2D eigenvalue weighted by molar-refractivity contribution is -0.312. The van der Waals surface area contributed by atoms with Crippen LogP contribution >= 0.6 is 0 Å². The van der Waals surface area contributed by atoms with E-state index >= 15 is 0 Å². The number of aliphatic hydroxyl groups is 1. The Morgan fingerprint density at radius 2 is 1.69 bits per heavy atom. The summed E-state index contributed by atoms with van der Waals surface area (Å²) in [6.07, 6.45) is 5.49. The second-order valence-electron chi connectivity index (χ2n) is 7.31. The SMILES string of the molecule is O=C([O-])C1CCN(C(=O)c2ccc(C#CC3(O)CCCCC3)cc2)CC1. The molecule has 1 N–H and O–H groups in total. The van der Waals surface area contributed by atoms with Crippen molar-refractivity contribution < 1.29 is 19.8 Å². The number of carboxylic acids is 1. The zero-order valence-electron chi connectivity index (χ0n) is 14.9. The number of amides is 1. The fourth-order valence-electron chi connectivity index (χ4n) is 3.65. The number of benzene rings is 1. The van der Waals surface area contributed by atoms with E-state index in [0.29, 0.717) is 31.5 Å². The van der Waals surface area contributed by atoms with Crippen LogP contribution in [-0.4, -0.2) is 40.6 Å². The molecule has 0 radical (unpaired) electrons. The summed E-state index contributed by atoms with van der Waals surface area (Å²) in [5, 5.41) is 21.3. The van der Waals surface area contributed by atoms with Crippen LogP contribution in [0, 0.1) is 17.8 Å². The summed E-state index contributed by atoms with van der Waals surface area (Å²) in [5.41, 5.74) is 0.464. The van der Waals surface area contributed by atoms with Gasteiger partial charge < -0.3 is 19.9 Å². The zero-order valence-corrected chi connectivity index (χ0v) is 14.9. The van der Waals surface area contributed by atoms with Crippen molar-refractivity contribution in [1.29, 1.82) is 0 Å². The number of carbonyl (C=O) groups is 2. The zero-order chi connectivity index (χ0) is 18.6. The summed E-state index contributed by atoms with van der Waals surface area (Å²) < 4.78 is 0. The van der Waals surface area contributed by atoms with Crippen molar-refractivity contribution in [3.63, 3.8) is 0 Å². The summed E-state index contributed by atoms with van der Waals surface area (Å²) in [7, 11) is 0. The average molecular weight is 354 g/mol. The van der Waals surface area contributed by atoms with Crippen LogP contribution < -0.4 is 5.11 Å². The van der Waals surface area contributed by atoms with E-state index in [2.05, 4.69) is 11.8 Å². The molecule has 5 nitrogen and oxygen atoms in total. The van der Waals surface area contributed by atoms with Gasteiger partial charge in [-0.2, -0.15) is 0 Å². The number of carboxylic acid groups (broad SMARTS) is 1. The molecule has 1 aliphatic carbocycles. The molecule has 26 heavy (non-hydrogen) atoms. The second kappa shape index (κ2) is 7.92. The Balaban J connectivity index is 1.61. The van der Waals surface area contributed by atoms with Gasteiger partial charge >= 0.3 is 0 Å². The molecule has 5 heteroatoms. The quantitative estimate of drug-likeness (QED) is 0.813. The number of hydrogen-bond donors (Lipinski definition) is 1. The number of aliphatic carboxylic acids is 1. The van der Waals surface area contributed by atoms with Gasteiger partial charge in [0.1, 0.15) is 5.60 Å². The Bertz CT molecular complexity index is 715. The lowest BCUT2D eigenvalue weighted by atomic mass is 9.85. The van der Waals surface area contributed by atoms with Crippen molar-refractivity contribution in [2.75, 3.05) is 13.1 Å². The van der Waals surface area contributed by atoms with Gasteiger partial charge in [-0.25, -0.2) is 0 Å². The largest absolute Gasteiger partial charge is 0.550 e. The molecule has 0 spiro atoms. The van der Waals surface area contributed by atoms with Crippen molar-refractivity contribution >= 4 is 11.9 Å². The molecule has 3 rings (SSSR count). The monoisotopic (exact) mass is 354 g/mol.